The average Bonchev–Trinajstić information content (AvgIpc) is 2.26. The van der Waals surface area contributed by atoms with Gasteiger partial charge in [0.2, 0.25) is 6.20 Å². The van der Waals surface area contributed by atoms with Gasteiger partial charge in [-0.1, -0.05) is 13.8 Å². The number of rotatable bonds is 5. The third kappa shape index (κ3) is 3.94. The Labute approximate surface area is 101 Å². The van der Waals surface area contributed by atoms with Crippen molar-refractivity contribution in [1.82, 2.24) is 0 Å². The van der Waals surface area contributed by atoms with Crippen LogP contribution in [0.15, 0.2) is 24.5 Å². The van der Waals surface area contributed by atoms with Crippen LogP contribution >= 0.6 is 0 Å². The lowest BCUT2D eigenvalue weighted by molar-refractivity contribution is -0.605. The van der Waals surface area contributed by atoms with Crippen LogP contribution in [-0.4, -0.2) is 18.7 Å². The highest BCUT2D eigenvalue weighted by molar-refractivity contribution is 5.75. The fraction of sp³-hybridized carbons (Fsp3) is 0.500. The molecule has 0 aliphatic rings. The van der Waals surface area contributed by atoms with E-state index in [0.717, 1.165) is 0 Å². The summed E-state index contributed by atoms with van der Waals surface area (Å²) < 4.78 is 11.0. The number of hydrogen-bond donors (Lipinski definition) is 0. The van der Waals surface area contributed by atoms with Crippen LogP contribution in [0.5, 0.6) is 5.75 Å². The van der Waals surface area contributed by atoms with Crippen LogP contribution in [0.1, 0.15) is 20.8 Å². The lowest BCUT2D eigenvalue weighted by Crippen LogP contribution is -2.35. The molecule has 0 aliphatic carbocycles. The topological polar surface area (TPSA) is 62.5 Å². The molecule has 1 atom stereocenters. The van der Waals surface area contributed by atoms with Crippen molar-refractivity contribution in [2.24, 2.45) is 5.92 Å². The molecule has 0 saturated heterocycles. The molecule has 5 nitrogen and oxygen atoms in total. The highest BCUT2D eigenvalue weighted by Gasteiger charge is 2.26. The summed E-state index contributed by atoms with van der Waals surface area (Å²) >= 11 is 0. The predicted octanol–water partition coefficient (Wildman–Crippen LogP) is 1.29. The molecule has 5 heteroatoms. The Morgan fingerprint density at radius 2 is 2.24 bits per heavy atom. The summed E-state index contributed by atoms with van der Waals surface area (Å²) in [4.78, 5) is 11.6. The number of esters is 1. The monoisotopic (exact) mass is 239 g/mol. The summed E-state index contributed by atoms with van der Waals surface area (Å²) in [5, 5.41) is 11.1. The van der Waals surface area contributed by atoms with Crippen LogP contribution in [0.2, 0.25) is 0 Å². The van der Waals surface area contributed by atoms with Crippen molar-refractivity contribution >= 4 is 5.97 Å². The number of nitrogens with zero attached hydrogens (tertiary/aromatic N) is 1. The molecular formula is C12H17NO4. The van der Waals surface area contributed by atoms with E-state index in [0.29, 0.717) is 17.1 Å². The van der Waals surface area contributed by atoms with Gasteiger partial charge in [-0.2, -0.15) is 4.73 Å². The second kappa shape index (κ2) is 6.08. The normalized spacial score (nSPS) is 12.2. The van der Waals surface area contributed by atoms with Crippen LogP contribution in [0.3, 0.4) is 0 Å². The van der Waals surface area contributed by atoms with E-state index in [1.807, 2.05) is 13.8 Å². The molecule has 1 aromatic rings. The van der Waals surface area contributed by atoms with Gasteiger partial charge in [0.1, 0.15) is 0 Å². The summed E-state index contributed by atoms with van der Waals surface area (Å²) in [5.41, 5.74) is 0. The van der Waals surface area contributed by atoms with Gasteiger partial charge < -0.3 is 14.7 Å². The van der Waals surface area contributed by atoms with Gasteiger partial charge in [-0.15, -0.1) is 0 Å². The Balaban J connectivity index is 2.76. The van der Waals surface area contributed by atoms with E-state index in [-0.39, 0.29) is 5.92 Å². The predicted molar refractivity (Wildman–Crippen MR) is 61.3 cm³/mol. The SMILES string of the molecule is CCOC(=O)C(Oc1ccc[n+]([O-])c1)C(C)C. The quantitative estimate of drug-likeness (QED) is 0.441. The Morgan fingerprint density at radius 1 is 1.53 bits per heavy atom. The van der Waals surface area contributed by atoms with Gasteiger partial charge in [-0.3, -0.25) is 0 Å². The largest absolute Gasteiger partial charge is 0.619 e. The fourth-order valence-corrected chi connectivity index (χ4v) is 1.33. The van der Waals surface area contributed by atoms with E-state index in [1.54, 1.807) is 19.1 Å². The van der Waals surface area contributed by atoms with Crippen molar-refractivity contribution in [3.63, 3.8) is 0 Å². The maximum absolute atomic E-state index is 11.6. The zero-order valence-electron chi connectivity index (χ0n) is 10.3. The van der Waals surface area contributed by atoms with Gasteiger partial charge in [-0.05, 0) is 13.0 Å². The van der Waals surface area contributed by atoms with E-state index in [9.17, 15) is 10.0 Å². The molecule has 1 unspecified atom stereocenters. The summed E-state index contributed by atoms with van der Waals surface area (Å²) in [6.07, 6.45) is 1.92. The van der Waals surface area contributed by atoms with Gasteiger partial charge in [0.15, 0.2) is 18.1 Å². The van der Waals surface area contributed by atoms with Gasteiger partial charge in [0, 0.05) is 12.0 Å². The summed E-state index contributed by atoms with van der Waals surface area (Å²) in [5.74, 6) is -0.0904. The molecule has 94 valence electrons. The fourth-order valence-electron chi connectivity index (χ4n) is 1.33. The van der Waals surface area contributed by atoms with Crippen LogP contribution in [0.25, 0.3) is 0 Å². The van der Waals surface area contributed by atoms with Crippen LogP contribution in [0.4, 0.5) is 0 Å². The Morgan fingerprint density at radius 3 is 2.76 bits per heavy atom. The van der Waals surface area contributed by atoms with E-state index in [4.69, 9.17) is 9.47 Å². The molecule has 1 heterocycles. The van der Waals surface area contributed by atoms with Crippen molar-refractivity contribution in [1.29, 1.82) is 0 Å². The highest BCUT2D eigenvalue weighted by atomic mass is 16.6. The Bertz CT molecular complexity index is 379. The molecule has 0 bridgehead atoms. The first-order valence-electron chi connectivity index (χ1n) is 5.56. The molecule has 0 radical (unpaired) electrons. The first-order valence-corrected chi connectivity index (χ1v) is 5.56. The summed E-state index contributed by atoms with van der Waals surface area (Å²) in [6, 6.07) is 3.19. The van der Waals surface area contributed by atoms with Crippen molar-refractivity contribution in [3.8, 4) is 5.75 Å². The minimum Gasteiger partial charge on any atom is -0.619 e. The molecule has 0 aliphatic heterocycles. The number of ether oxygens (including phenoxy) is 2. The molecule has 0 amide bonds. The van der Waals surface area contributed by atoms with Gasteiger partial charge >= 0.3 is 5.97 Å². The van der Waals surface area contributed by atoms with Crippen molar-refractivity contribution in [3.05, 3.63) is 29.7 Å². The third-order valence-corrected chi connectivity index (χ3v) is 2.14. The number of pyridine rings is 1. The first-order chi connectivity index (χ1) is 8.04. The molecule has 0 aromatic carbocycles. The number of carbonyl (C=O) groups excluding carboxylic acids is 1. The molecule has 1 aromatic heterocycles. The summed E-state index contributed by atoms with van der Waals surface area (Å²) in [6.45, 7) is 5.76. The minimum atomic E-state index is -0.697. The molecule has 1 rings (SSSR count). The zero-order chi connectivity index (χ0) is 12.8. The smallest absolute Gasteiger partial charge is 0.347 e. The van der Waals surface area contributed by atoms with Crippen molar-refractivity contribution < 1.29 is 19.0 Å². The van der Waals surface area contributed by atoms with Gasteiger partial charge in [0.05, 0.1) is 6.61 Å². The molecule has 0 N–H and O–H groups in total. The number of aromatic nitrogens is 1. The van der Waals surface area contributed by atoms with Crippen LogP contribution in [-0.2, 0) is 9.53 Å². The van der Waals surface area contributed by atoms with Crippen LogP contribution in [0, 0.1) is 11.1 Å². The average molecular weight is 239 g/mol. The van der Waals surface area contributed by atoms with E-state index < -0.39 is 12.1 Å². The minimum absolute atomic E-state index is 0.0330. The maximum atomic E-state index is 11.6. The van der Waals surface area contributed by atoms with Crippen molar-refractivity contribution in [2.75, 3.05) is 6.61 Å². The molecule has 0 fully saturated rings. The van der Waals surface area contributed by atoms with E-state index in [2.05, 4.69) is 0 Å². The standard InChI is InChI=1S/C12H17NO4/c1-4-16-12(14)11(9(2)3)17-10-6-5-7-13(15)8-10/h5-9,11H,4H2,1-3H3. The third-order valence-electron chi connectivity index (χ3n) is 2.14. The van der Waals surface area contributed by atoms with Gasteiger partial charge in [0.25, 0.3) is 0 Å². The molecule has 0 saturated carbocycles. The van der Waals surface area contributed by atoms with Gasteiger partial charge in [-0.25, -0.2) is 4.79 Å². The second-order valence-electron chi connectivity index (χ2n) is 3.93. The van der Waals surface area contributed by atoms with E-state index in [1.165, 1.54) is 12.4 Å². The van der Waals surface area contributed by atoms with E-state index >= 15 is 0 Å². The second-order valence-corrected chi connectivity index (χ2v) is 3.93. The lowest BCUT2D eigenvalue weighted by Gasteiger charge is -2.19. The Kier molecular flexibility index (Phi) is 4.75. The van der Waals surface area contributed by atoms with Crippen LogP contribution < -0.4 is 9.47 Å². The maximum Gasteiger partial charge on any atom is 0.347 e. The Hall–Kier alpha value is -1.78. The number of hydrogen-bond acceptors (Lipinski definition) is 4. The number of carbonyl (C=O) groups is 1. The van der Waals surface area contributed by atoms with Crippen molar-refractivity contribution in [2.45, 2.75) is 26.9 Å². The lowest BCUT2D eigenvalue weighted by atomic mass is 10.1. The first kappa shape index (κ1) is 13.3. The summed E-state index contributed by atoms with van der Waals surface area (Å²) in [7, 11) is 0. The molecule has 17 heavy (non-hydrogen) atoms. The zero-order valence-corrected chi connectivity index (χ0v) is 10.3. The molecular weight excluding hydrogens is 222 g/mol. The molecule has 0 spiro atoms. The highest BCUT2D eigenvalue weighted by Crippen LogP contribution is 2.14.